The predicted molar refractivity (Wildman–Crippen MR) is 56.8 cm³/mol. The molecule has 3 amide bonds. The van der Waals surface area contributed by atoms with Crippen molar-refractivity contribution in [1.82, 2.24) is 5.32 Å². The first-order chi connectivity index (χ1) is 7.50. The zero-order valence-electron chi connectivity index (χ0n) is 8.81. The molecule has 1 aliphatic carbocycles. The third-order valence-corrected chi connectivity index (χ3v) is 2.43. The van der Waals surface area contributed by atoms with Crippen LogP contribution in [0.15, 0.2) is 12.2 Å². The molecule has 0 fully saturated rings. The summed E-state index contributed by atoms with van der Waals surface area (Å²) >= 11 is 0. The molecule has 0 saturated carbocycles. The van der Waals surface area contributed by atoms with Crippen molar-refractivity contribution in [3.05, 3.63) is 12.2 Å². The Hall–Kier alpha value is -1.85. The zero-order valence-corrected chi connectivity index (χ0v) is 8.81. The summed E-state index contributed by atoms with van der Waals surface area (Å²) in [5.41, 5.74) is 9.85. The number of nitrogens with two attached hydrogens (primary N) is 2. The highest BCUT2D eigenvalue weighted by Gasteiger charge is 2.24. The SMILES string of the molecule is NC(=O)C(NC(=O)CC1C=CCC1)C(N)=O. The molecule has 0 saturated heterocycles. The van der Waals surface area contributed by atoms with Crippen LogP contribution in [0.2, 0.25) is 0 Å². The highest BCUT2D eigenvalue weighted by atomic mass is 16.2. The Bertz CT molecular complexity index is 324. The van der Waals surface area contributed by atoms with Crippen molar-refractivity contribution in [3.63, 3.8) is 0 Å². The average Bonchev–Trinajstić information content (AvgIpc) is 2.65. The molecule has 1 unspecified atom stereocenters. The molecule has 0 radical (unpaired) electrons. The largest absolute Gasteiger partial charge is 0.367 e. The van der Waals surface area contributed by atoms with Crippen LogP contribution in [-0.4, -0.2) is 23.8 Å². The molecule has 6 nitrogen and oxygen atoms in total. The summed E-state index contributed by atoms with van der Waals surface area (Å²) in [5, 5.41) is 2.22. The number of nitrogens with one attached hydrogen (secondary N) is 1. The fourth-order valence-electron chi connectivity index (χ4n) is 1.61. The summed E-state index contributed by atoms with van der Waals surface area (Å²) in [6, 6.07) is -1.42. The third kappa shape index (κ3) is 3.38. The van der Waals surface area contributed by atoms with Crippen LogP contribution in [0.3, 0.4) is 0 Å². The van der Waals surface area contributed by atoms with Gasteiger partial charge in [0.2, 0.25) is 17.7 Å². The van der Waals surface area contributed by atoms with Gasteiger partial charge in [-0.05, 0) is 18.8 Å². The maximum Gasteiger partial charge on any atom is 0.249 e. The van der Waals surface area contributed by atoms with Gasteiger partial charge in [0.15, 0.2) is 6.04 Å². The minimum absolute atomic E-state index is 0.168. The van der Waals surface area contributed by atoms with Gasteiger partial charge in [-0.2, -0.15) is 0 Å². The van der Waals surface area contributed by atoms with Crippen LogP contribution in [0.4, 0.5) is 0 Å². The van der Waals surface area contributed by atoms with Crippen molar-refractivity contribution in [2.75, 3.05) is 0 Å². The predicted octanol–water partition coefficient (Wildman–Crippen LogP) is -1.20. The van der Waals surface area contributed by atoms with Crippen LogP contribution in [0, 0.1) is 5.92 Å². The summed E-state index contributed by atoms with van der Waals surface area (Å²) in [7, 11) is 0. The monoisotopic (exact) mass is 225 g/mol. The summed E-state index contributed by atoms with van der Waals surface area (Å²) < 4.78 is 0. The van der Waals surface area contributed by atoms with Gasteiger partial charge in [0.1, 0.15) is 0 Å². The third-order valence-electron chi connectivity index (χ3n) is 2.43. The second kappa shape index (κ2) is 5.29. The maximum absolute atomic E-state index is 11.5. The maximum atomic E-state index is 11.5. The van der Waals surface area contributed by atoms with Crippen LogP contribution in [0.25, 0.3) is 0 Å². The number of carbonyl (C=O) groups excluding carboxylic acids is 3. The van der Waals surface area contributed by atoms with Crippen molar-refractivity contribution in [1.29, 1.82) is 0 Å². The van der Waals surface area contributed by atoms with Crippen molar-refractivity contribution < 1.29 is 14.4 Å². The van der Waals surface area contributed by atoms with Crippen LogP contribution < -0.4 is 16.8 Å². The minimum atomic E-state index is -1.42. The van der Waals surface area contributed by atoms with E-state index in [1.54, 1.807) is 0 Å². The second-order valence-electron chi connectivity index (χ2n) is 3.77. The minimum Gasteiger partial charge on any atom is -0.367 e. The molecule has 0 aromatic carbocycles. The lowest BCUT2D eigenvalue weighted by Crippen LogP contribution is -2.52. The molecule has 0 heterocycles. The van der Waals surface area contributed by atoms with Crippen LogP contribution in [0.1, 0.15) is 19.3 Å². The Morgan fingerprint density at radius 2 is 1.94 bits per heavy atom. The van der Waals surface area contributed by atoms with Crippen molar-refractivity contribution in [2.24, 2.45) is 17.4 Å². The van der Waals surface area contributed by atoms with E-state index in [4.69, 9.17) is 11.5 Å². The molecule has 0 spiro atoms. The highest BCUT2D eigenvalue weighted by molar-refractivity contribution is 6.05. The van der Waals surface area contributed by atoms with Crippen LogP contribution in [-0.2, 0) is 14.4 Å². The Morgan fingerprint density at radius 1 is 1.31 bits per heavy atom. The van der Waals surface area contributed by atoms with Gasteiger partial charge in [0.25, 0.3) is 0 Å². The fraction of sp³-hybridized carbons (Fsp3) is 0.500. The Labute approximate surface area is 93.0 Å². The van der Waals surface area contributed by atoms with E-state index in [1.807, 2.05) is 12.2 Å². The lowest BCUT2D eigenvalue weighted by molar-refractivity contribution is -0.134. The fourth-order valence-corrected chi connectivity index (χ4v) is 1.61. The first-order valence-electron chi connectivity index (χ1n) is 5.05. The summed E-state index contributed by atoms with van der Waals surface area (Å²) in [6.07, 6.45) is 6.05. The molecule has 1 atom stereocenters. The summed E-state index contributed by atoms with van der Waals surface area (Å²) in [4.78, 5) is 33.1. The van der Waals surface area contributed by atoms with Crippen molar-refractivity contribution >= 4 is 17.7 Å². The molecular weight excluding hydrogens is 210 g/mol. The topological polar surface area (TPSA) is 115 Å². The second-order valence-corrected chi connectivity index (χ2v) is 3.77. The Morgan fingerprint density at radius 3 is 2.38 bits per heavy atom. The molecule has 88 valence electrons. The van der Waals surface area contributed by atoms with Gasteiger partial charge in [0.05, 0.1) is 0 Å². The molecular formula is C10H15N3O3. The van der Waals surface area contributed by atoms with E-state index in [-0.39, 0.29) is 18.2 Å². The van der Waals surface area contributed by atoms with E-state index >= 15 is 0 Å². The number of carbonyl (C=O) groups is 3. The molecule has 0 bridgehead atoms. The zero-order chi connectivity index (χ0) is 12.1. The average molecular weight is 225 g/mol. The molecule has 0 aliphatic heterocycles. The van der Waals surface area contributed by atoms with Crippen LogP contribution in [0.5, 0.6) is 0 Å². The molecule has 5 N–H and O–H groups in total. The molecule has 1 aliphatic rings. The standard InChI is InChI=1S/C10H15N3O3/c11-9(15)8(10(12)16)13-7(14)5-6-3-1-2-4-6/h1,3,6,8H,2,4-5H2,(H2,11,15)(H2,12,16)(H,13,14). The first kappa shape index (κ1) is 12.2. The number of allylic oxidation sites excluding steroid dienone is 2. The van der Waals surface area contributed by atoms with E-state index in [2.05, 4.69) is 5.32 Å². The van der Waals surface area contributed by atoms with E-state index in [1.165, 1.54) is 0 Å². The Balaban J connectivity index is 2.45. The number of amides is 3. The van der Waals surface area contributed by atoms with E-state index in [0.29, 0.717) is 0 Å². The normalized spacial score (nSPS) is 18.7. The summed E-state index contributed by atoms with van der Waals surface area (Å²) in [5.74, 6) is -2.11. The number of rotatable bonds is 5. The van der Waals surface area contributed by atoms with Gasteiger partial charge in [-0.15, -0.1) is 0 Å². The van der Waals surface area contributed by atoms with E-state index in [9.17, 15) is 14.4 Å². The quantitative estimate of drug-likeness (QED) is 0.403. The first-order valence-corrected chi connectivity index (χ1v) is 5.05. The molecule has 0 aromatic heterocycles. The molecule has 16 heavy (non-hydrogen) atoms. The van der Waals surface area contributed by atoms with Gasteiger partial charge >= 0.3 is 0 Å². The van der Waals surface area contributed by atoms with Gasteiger partial charge in [-0.1, -0.05) is 12.2 Å². The van der Waals surface area contributed by atoms with E-state index < -0.39 is 17.9 Å². The summed E-state index contributed by atoms with van der Waals surface area (Å²) in [6.45, 7) is 0. The molecule has 6 heteroatoms. The number of primary amides is 2. The number of hydrogen-bond donors (Lipinski definition) is 3. The highest BCUT2D eigenvalue weighted by Crippen LogP contribution is 2.19. The lowest BCUT2D eigenvalue weighted by Gasteiger charge is -2.13. The van der Waals surface area contributed by atoms with Gasteiger partial charge in [0, 0.05) is 6.42 Å². The van der Waals surface area contributed by atoms with Gasteiger partial charge < -0.3 is 16.8 Å². The Kier molecular flexibility index (Phi) is 4.04. The molecule has 0 aromatic rings. The molecule has 1 rings (SSSR count). The van der Waals surface area contributed by atoms with Crippen LogP contribution >= 0.6 is 0 Å². The number of hydrogen-bond acceptors (Lipinski definition) is 3. The van der Waals surface area contributed by atoms with Crippen molar-refractivity contribution in [3.8, 4) is 0 Å². The lowest BCUT2D eigenvalue weighted by atomic mass is 10.0. The van der Waals surface area contributed by atoms with Gasteiger partial charge in [-0.3, -0.25) is 14.4 Å². The van der Waals surface area contributed by atoms with E-state index in [0.717, 1.165) is 12.8 Å². The van der Waals surface area contributed by atoms with Crippen molar-refractivity contribution in [2.45, 2.75) is 25.3 Å². The van der Waals surface area contributed by atoms with Gasteiger partial charge in [-0.25, -0.2) is 0 Å². The smallest absolute Gasteiger partial charge is 0.249 e.